The fourth-order valence-electron chi connectivity index (χ4n) is 4.98. The summed E-state index contributed by atoms with van der Waals surface area (Å²) >= 11 is 0. The third kappa shape index (κ3) is 2.00. The van der Waals surface area contributed by atoms with Gasteiger partial charge in [-0.3, -0.25) is 4.79 Å². The van der Waals surface area contributed by atoms with Gasteiger partial charge in [0.2, 0.25) is 0 Å². The van der Waals surface area contributed by atoms with Crippen LogP contribution in [0, 0.1) is 16.2 Å². The van der Waals surface area contributed by atoms with Crippen molar-refractivity contribution in [1.29, 1.82) is 0 Å². The number of benzene rings is 1. The van der Waals surface area contributed by atoms with Gasteiger partial charge in [-0.05, 0) is 72.4 Å². The molecule has 118 valence electrons. The van der Waals surface area contributed by atoms with Crippen LogP contribution in [-0.2, 0) is 21.4 Å². The van der Waals surface area contributed by atoms with E-state index >= 15 is 0 Å². The number of nitrogens with zero attached hydrogens (tertiary/aromatic N) is 1. The fraction of sp³-hybridized carbons (Fsp3) is 0.611. The third-order valence-electron chi connectivity index (χ3n) is 6.10. The highest BCUT2D eigenvalue weighted by atomic mass is 16.5. The Hall–Kier alpha value is -1.71. The number of nitroso groups, excluding NO2 is 1. The Balaban J connectivity index is 2.11. The molecule has 3 rings (SSSR count). The van der Waals surface area contributed by atoms with Gasteiger partial charge in [-0.15, -0.1) is 4.91 Å². The summed E-state index contributed by atoms with van der Waals surface area (Å²) < 4.78 is 5.11. The zero-order chi connectivity index (χ0) is 16.0. The molecular weight excluding hydrogens is 278 g/mol. The molecule has 0 unspecified atom stereocenters. The zero-order valence-electron chi connectivity index (χ0n) is 13.5. The number of fused-ring (bicyclic) bond motifs is 3. The van der Waals surface area contributed by atoms with Gasteiger partial charge in [0.25, 0.3) is 0 Å². The molecule has 2 aliphatic carbocycles. The summed E-state index contributed by atoms with van der Waals surface area (Å²) in [7, 11) is 1.48. The van der Waals surface area contributed by atoms with Crippen molar-refractivity contribution in [1.82, 2.24) is 0 Å². The molecule has 1 aromatic rings. The number of esters is 1. The van der Waals surface area contributed by atoms with Crippen LogP contribution in [0.2, 0.25) is 0 Å². The van der Waals surface area contributed by atoms with Crippen molar-refractivity contribution < 1.29 is 9.53 Å². The predicted molar refractivity (Wildman–Crippen MR) is 85.0 cm³/mol. The van der Waals surface area contributed by atoms with E-state index in [2.05, 4.69) is 12.1 Å². The molecule has 0 aromatic heterocycles. The molecule has 0 amide bonds. The molecule has 2 aliphatic rings. The van der Waals surface area contributed by atoms with Crippen molar-refractivity contribution in [3.05, 3.63) is 34.2 Å². The average Bonchev–Trinajstić information content (AvgIpc) is 2.53. The van der Waals surface area contributed by atoms with Gasteiger partial charge in [-0.2, -0.15) is 0 Å². The van der Waals surface area contributed by atoms with Gasteiger partial charge in [-0.25, -0.2) is 0 Å². The van der Waals surface area contributed by atoms with E-state index in [9.17, 15) is 9.70 Å². The number of hydrogen-bond acceptors (Lipinski definition) is 4. The van der Waals surface area contributed by atoms with Gasteiger partial charge in [-0.1, -0.05) is 19.4 Å². The van der Waals surface area contributed by atoms with Crippen LogP contribution in [0.25, 0.3) is 0 Å². The topological polar surface area (TPSA) is 55.7 Å². The molecule has 1 fully saturated rings. The first kappa shape index (κ1) is 15.2. The highest BCUT2D eigenvalue weighted by Crippen LogP contribution is 2.57. The number of aryl methyl sites for hydroxylation is 1. The Morgan fingerprint density at radius 2 is 2.09 bits per heavy atom. The van der Waals surface area contributed by atoms with Crippen LogP contribution in [0.4, 0.5) is 5.69 Å². The molecule has 0 aliphatic heterocycles. The molecule has 4 nitrogen and oxygen atoms in total. The smallest absolute Gasteiger partial charge is 0.311 e. The molecule has 0 spiro atoms. The second kappa shape index (κ2) is 5.18. The number of rotatable bonds is 2. The van der Waals surface area contributed by atoms with Gasteiger partial charge >= 0.3 is 5.97 Å². The van der Waals surface area contributed by atoms with Crippen LogP contribution >= 0.6 is 0 Å². The van der Waals surface area contributed by atoms with Crippen molar-refractivity contribution in [2.75, 3.05) is 7.11 Å². The van der Waals surface area contributed by atoms with Gasteiger partial charge in [0, 0.05) is 0 Å². The van der Waals surface area contributed by atoms with E-state index in [-0.39, 0.29) is 17.3 Å². The molecule has 0 saturated heterocycles. The first-order valence-corrected chi connectivity index (χ1v) is 8.01. The minimum absolute atomic E-state index is 0.0878. The zero-order valence-corrected chi connectivity index (χ0v) is 13.5. The van der Waals surface area contributed by atoms with Gasteiger partial charge in [0.15, 0.2) is 0 Å². The van der Waals surface area contributed by atoms with Gasteiger partial charge < -0.3 is 4.74 Å². The minimum atomic E-state index is -0.440. The van der Waals surface area contributed by atoms with E-state index in [1.807, 2.05) is 19.1 Å². The van der Waals surface area contributed by atoms with E-state index < -0.39 is 5.41 Å². The van der Waals surface area contributed by atoms with Crippen LogP contribution in [-0.4, -0.2) is 13.1 Å². The van der Waals surface area contributed by atoms with Crippen molar-refractivity contribution in [2.24, 2.45) is 16.5 Å². The second-order valence-electron chi connectivity index (χ2n) is 7.20. The molecule has 3 atom stereocenters. The Morgan fingerprint density at radius 1 is 1.32 bits per heavy atom. The van der Waals surface area contributed by atoms with E-state index in [4.69, 9.17) is 4.74 Å². The number of hydrogen-bond donors (Lipinski definition) is 0. The first-order valence-electron chi connectivity index (χ1n) is 8.01. The average molecular weight is 301 g/mol. The van der Waals surface area contributed by atoms with Gasteiger partial charge in [0.05, 0.1) is 12.5 Å². The molecule has 1 aromatic carbocycles. The maximum Gasteiger partial charge on any atom is 0.311 e. The maximum atomic E-state index is 12.4. The molecule has 0 heterocycles. The summed E-state index contributed by atoms with van der Waals surface area (Å²) in [6.07, 6.45) is 4.85. The summed E-state index contributed by atoms with van der Waals surface area (Å²) in [5.74, 6) is 0.146. The largest absolute Gasteiger partial charge is 0.469 e. The van der Waals surface area contributed by atoms with Crippen LogP contribution in [0.15, 0.2) is 23.4 Å². The minimum Gasteiger partial charge on any atom is -0.469 e. The van der Waals surface area contributed by atoms with E-state index in [0.29, 0.717) is 5.69 Å². The quantitative estimate of drug-likeness (QED) is 0.605. The lowest BCUT2D eigenvalue weighted by molar-refractivity contribution is -0.161. The number of methoxy groups -OCH3 is 1. The lowest BCUT2D eigenvalue weighted by Crippen LogP contribution is -2.52. The first-order chi connectivity index (χ1) is 10.5. The summed E-state index contributed by atoms with van der Waals surface area (Å²) in [5, 5.41) is 3.09. The molecule has 22 heavy (non-hydrogen) atoms. The Bertz CT molecular complexity index is 627. The molecule has 0 bridgehead atoms. The van der Waals surface area contributed by atoms with Crippen LogP contribution in [0.1, 0.15) is 50.7 Å². The van der Waals surface area contributed by atoms with E-state index in [1.54, 1.807) is 6.07 Å². The normalized spacial score (nSPS) is 33.5. The SMILES string of the molecule is COC(=O)[C@@]1(C)CCC[C@]2(C)c3cc(N=O)ccc3CC[C@@H]12. The number of carbonyl (C=O) groups excluding carboxylic acids is 1. The molecule has 0 radical (unpaired) electrons. The lowest BCUT2D eigenvalue weighted by atomic mass is 9.50. The van der Waals surface area contributed by atoms with Crippen LogP contribution < -0.4 is 0 Å². The highest BCUT2D eigenvalue weighted by molar-refractivity contribution is 5.77. The Labute approximate surface area is 131 Å². The summed E-state index contributed by atoms with van der Waals surface area (Å²) in [4.78, 5) is 23.3. The fourth-order valence-corrected chi connectivity index (χ4v) is 4.98. The summed E-state index contributed by atoms with van der Waals surface area (Å²) in [6, 6.07) is 5.74. The van der Waals surface area contributed by atoms with Crippen LogP contribution in [0.3, 0.4) is 0 Å². The second-order valence-corrected chi connectivity index (χ2v) is 7.20. The maximum absolute atomic E-state index is 12.4. The number of ether oxygens (including phenoxy) is 1. The lowest BCUT2D eigenvalue weighted by Gasteiger charge is -2.54. The Kier molecular flexibility index (Phi) is 3.58. The number of carbonyl (C=O) groups is 1. The van der Waals surface area contributed by atoms with Crippen molar-refractivity contribution in [3.8, 4) is 0 Å². The Morgan fingerprint density at radius 3 is 2.77 bits per heavy atom. The molecule has 1 saturated carbocycles. The van der Waals surface area contributed by atoms with Crippen molar-refractivity contribution in [2.45, 2.75) is 51.4 Å². The molecule has 0 N–H and O–H groups in total. The van der Waals surface area contributed by atoms with Crippen molar-refractivity contribution in [3.63, 3.8) is 0 Å². The van der Waals surface area contributed by atoms with E-state index in [0.717, 1.165) is 32.1 Å². The standard InChI is InChI=1S/C18H23NO3/c1-17-9-4-10-18(2,16(20)22-3)15(17)8-6-12-5-7-13(19-21)11-14(12)17/h5,7,11,15H,4,6,8-10H2,1-3H3/t15-,17-,18+/m1/s1. The van der Waals surface area contributed by atoms with Gasteiger partial charge in [0.1, 0.15) is 5.69 Å². The third-order valence-corrected chi connectivity index (χ3v) is 6.10. The summed E-state index contributed by atoms with van der Waals surface area (Å²) in [5.41, 5.74) is 2.45. The van der Waals surface area contributed by atoms with Crippen molar-refractivity contribution >= 4 is 11.7 Å². The molecule has 4 heteroatoms. The predicted octanol–water partition coefficient (Wildman–Crippen LogP) is 4.27. The van der Waals surface area contributed by atoms with E-state index in [1.165, 1.54) is 18.2 Å². The summed E-state index contributed by atoms with van der Waals surface area (Å²) in [6.45, 7) is 4.29. The molecular formula is C18H23NO3. The van der Waals surface area contributed by atoms with Crippen LogP contribution in [0.5, 0.6) is 0 Å². The monoisotopic (exact) mass is 301 g/mol. The highest BCUT2D eigenvalue weighted by Gasteiger charge is 2.55.